The van der Waals surface area contributed by atoms with Crippen molar-refractivity contribution in [3.63, 3.8) is 0 Å². The van der Waals surface area contributed by atoms with E-state index in [1.165, 1.54) is 11.1 Å². The summed E-state index contributed by atoms with van der Waals surface area (Å²) in [6.07, 6.45) is 2.09. The molecule has 1 aromatic carbocycles. The van der Waals surface area contributed by atoms with E-state index in [4.69, 9.17) is 4.74 Å². The van der Waals surface area contributed by atoms with Crippen molar-refractivity contribution in [2.75, 3.05) is 13.2 Å². The Morgan fingerprint density at radius 1 is 1.30 bits per heavy atom. The Morgan fingerprint density at radius 2 is 2.20 bits per heavy atom. The Balaban J connectivity index is 1.94. The van der Waals surface area contributed by atoms with Crippen LogP contribution >= 0.6 is 27.3 Å². The van der Waals surface area contributed by atoms with Crippen molar-refractivity contribution >= 4 is 27.3 Å². The van der Waals surface area contributed by atoms with Gasteiger partial charge in [0.25, 0.3) is 0 Å². The van der Waals surface area contributed by atoms with Crippen LogP contribution in [0.25, 0.3) is 0 Å². The third-order valence-corrected chi connectivity index (χ3v) is 4.36. The average Bonchev–Trinajstić information content (AvgIpc) is 2.95. The van der Waals surface area contributed by atoms with Gasteiger partial charge in [0.05, 0.1) is 11.1 Å². The van der Waals surface area contributed by atoms with Gasteiger partial charge in [0, 0.05) is 18.5 Å². The Kier molecular flexibility index (Phi) is 6.57. The zero-order chi connectivity index (χ0) is 14.2. The maximum absolute atomic E-state index is 5.99. The maximum Gasteiger partial charge on any atom is 0.137 e. The number of rotatable bonds is 8. The van der Waals surface area contributed by atoms with Gasteiger partial charge in [-0.3, -0.25) is 0 Å². The molecule has 2 nitrogen and oxygen atoms in total. The molecule has 0 spiro atoms. The topological polar surface area (TPSA) is 21.3 Å². The monoisotopic (exact) mass is 353 g/mol. The lowest BCUT2D eigenvalue weighted by Crippen LogP contribution is -2.15. The quantitative estimate of drug-likeness (QED) is 0.698. The van der Waals surface area contributed by atoms with Crippen LogP contribution in [0.3, 0.4) is 0 Å². The first-order valence-electron chi connectivity index (χ1n) is 6.93. The molecule has 0 aliphatic heterocycles. The molecule has 0 radical (unpaired) electrons. The number of halogens is 1. The molecule has 0 fully saturated rings. The molecule has 0 saturated heterocycles. The Labute approximate surface area is 133 Å². The van der Waals surface area contributed by atoms with Crippen LogP contribution in [0.1, 0.15) is 24.5 Å². The minimum atomic E-state index is 0.708. The number of thiophene rings is 1. The molecule has 20 heavy (non-hydrogen) atoms. The molecule has 2 rings (SSSR count). The normalized spacial score (nSPS) is 10.7. The van der Waals surface area contributed by atoms with Gasteiger partial charge in [0.2, 0.25) is 0 Å². The van der Waals surface area contributed by atoms with Crippen molar-refractivity contribution in [2.45, 2.75) is 26.3 Å². The summed E-state index contributed by atoms with van der Waals surface area (Å²) in [6, 6.07) is 8.35. The molecule has 0 saturated carbocycles. The second-order valence-electron chi connectivity index (χ2n) is 4.63. The summed E-state index contributed by atoms with van der Waals surface area (Å²) in [4.78, 5) is 0. The largest absolute Gasteiger partial charge is 0.492 e. The standard InChI is InChI=1S/C16H20BrNOS/c1-2-8-18-11-14-4-3-5-15(17)16(14)19-9-6-13-7-10-20-12-13/h3-5,7,10,12,18H,2,6,8-9,11H2,1H3. The number of para-hydroxylation sites is 1. The van der Waals surface area contributed by atoms with Crippen molar-refractivity contribution < 1.29 is 4.74 Å². The van der Waals surface area contributed by atoms with Gasteiger partial charge in [0.1, 0.15) is 5.75 Å². The fourth-order valence-corrected chi connectivity index (χ4v) is 3.18. The zero-order valence-corrected chi connectivity index (χ0v) is 14.1. The van der Waals surface area contributed by atoms with E-state index in [0.29, 0.717) is 6.61 Å². The number of ether oxygens (including phenoxy) is 1. The van der Waals surface area contributed by atoms with E-state index >= 15 is 0 Å². The van der Waals surface area contributed by atoms with Crippen molar-refractivity contribution in [3.05, 3.63) is 50.6 Å². The summed E-state index contributed by atoms with van der Waals surface area (Å²) in [5.74, 6) is 0.964. The van der Waals surface area contributed by atoms with E-state index in [1.54, 1.807) is 11.3 Å². The summed E-state index contributed by atoms with van der Waals surface area (Å²) in [7, 11) is 0. The molecule has 4 heteroatoms. The third-order valence-electron chi connectivity index (χ3n) is 3.01. The van der Waals surface area contributed by atoms with Gasteiger partial charge in [-0.05, 0) is 57.4 Å². The second-order valence-corrected chi connectivity index (χ2v) is 6.27. The molecule has 1 heterocycles. The van der Waals surface area contributed by atoms with Gasteiger partial charge in [-0.25, -0.2) is 0 Å². The molecule has 108 valence electrons. The first-order chi connectivity index (χ1) is 9.81. The van der Waals surface area contributed by atoms with E-state index in [2.05, 4.69) is 57.1 Å². The fourth-order valence-electron chi connectivity index (χ4n) is 1.96. The highest BCUT2D eigenvalue weighted by Crippen LogP contribution is 2.29. The second kappa shape index (κ2) is 8.45. The Hall–Kier alpha value is -0.840. The number of hydrogen-bond donors (Lipinski definition) is 1. The van der Waals surface area contributed by atoms with Crippen LogP contribution < -0.4 is 10.1 Å². The SMILES string of the molecule is CCCNCc1cccc(Br)c1OCCc1ccsc1. The third kappa shape index (κ3) is 4.62. The van der Waals surface area contributed by atoms with E-state index in [-0.39, 0.29) is 0 Å². The molecule has 0 atom stereocenters. The van der Waals surface area contributed by atoms with Gasteiger partial charge in [0.15, 0.2) is 0 Å². The first-order valence-corrected chi connectivity index (χ1v) is 8.67. The molecule has 2 aromatic rings. The summed E-state index contributed by atoms with van der Waals surface area (Å²) in [6.45, 7) is 4.76. The lowest BCUT2D eigenvalue weighted by atomic mass is 10.2. The number of hydrogen-bond acceptors (Lipinski definition) is 3. The van der Waals surface area contributed by atoms with E-state index in [9.17, 15) is 0 Å². The van der Waals surface area contributed by atoms with Gasteiger partial charge in [-0.1, -0.05) is 19.1 Å². The smallest absolute Gasteiger partial charge is 0.137 e. The Morgan fingerprint density at radius 3 is 2.95 bits per heavy atom. The van der Waals surface area contributed by atoms with Crippen LogP contribution in [-0.2, 0) is 13.0 Å². The maximum atomic E-state index is 5.99. The number of benzene rings is 1. The van der Waals surface area contributed by atoms with Gasteiger partial charge in [-0.2, -0.15) is 11.3 Å². The number of nitrogens with one attached hydrogen (secondary N) is 1. The van der Waals surface area contributed by atoms with Crippen LogP contribution in [-0.4, -0.2) is 13.2 Å². The van der Waals surface area contributed by atoms with Crippen LogP contribution in [0.2, 0.25) is 0 Å². The molecule has 0 aliphatic rings. The highest BCUT2D eigenvalue weighted by Gasteiger charge is 2.08. The average molecular weight is 354 g/mol. The lowest BCUT2D eigenvalue weighted by Gasteiger charge is -2.13. The minimum Gasteiger partial charge on any atom is -0.492 e. The summed E-state index contributed by atoms with van der Waals surface area (Å²) < 4.78 is 7.02. The van der Waals surface area contributed by atoms with E-state index in [1.807, 2.05) is 6.07 Å². The van der Waals surface area contributed by atoms with Crippen molar-refractivity contribution in [2.24, 2.45) is 0 Å². The fraction of sp³-hybridized carbons (Fsp3) is 0.375. The molecule has 1 N–H and O–H groups in total. The molecule has 1 aromatic heterocycles. The van der Waals surface area contributed by atoms with Crippen LogP contribution in [0.5, 0.6) is 5.75 Å². The first kappa shape index (κ1) is 15.5. The molecule has 0 amide bonds. The molecule has 0 aliphatic carbocycles. The van der Waals surface area contributed by atoms with Crippen molar-refractivity contribution in [1.29, 1.82) is 0 Å². The molecular weight excluding hydrogens is 334 g/mol. The van der Waals surface area contributed by atoms with Gasteiger partial charge in [-0.15, -0.1) is 0 Å². The summed E-state index contributed by atoms with van der Waals surface area (Å²) >= 11 is 5.32. The van der Waals surface area contributed by atoms with Crippen LogP contribution in [0.15, 0.2) is 39.5 Å². The predicted octanol–water partition coefficient (Wildman–Crippen LogP) is 4.63. The van der Waals surface area contributed by atoms with Gasteiger partial charge >= 0.3 is 0 Å². The van der Waals surface area contributed by atoms with Crippen LogP contribution in [0.4, 0.5) is 0 Å². The van der Waals surface area contributed by atoms with E-state index in [0.717, 1.165) is 36.2 Å². The molecular formula is C16H20BrNOS. The summed E-state index contributed by atoms with van der Waals surface area (Å²) in [5, 5.41) is 7.70. The minimum absolute atomic E-state index is 0.708. The highest BCUT2D eigenvalue weighted by atomic mass is 79.9. The van der Waals surface area contributed by atoms with Crippen molar-refractivity contribution in [3.8, 4) is 5.75 Å². The zero-order valence-electron chi connectivity index (χ0n) is 11.7. The summed E-state index contributed by atoms with van der Waals surface area (Å²) in [5.41, 5.74) is 2.55. The highest BCUT2D eigenvalue weighted by molar-refractivity contribution is 9.10. The van der Waals surface area contributed by atoms with Crippen LogP contribution in [0, 0.1) is 0 Å². The Bertz CT molecular complexity index is 513. The molecule has 0 unspecified atom stereocenters. The molecule has 0 bridgehead atoms. The van der Waals surface area contributed by atoms with E-state index < -0.39 is 0 Å². The lowest BCUT2D eigenvalue weighted by molar-refractivity contribution is 0.316. The predicted molar refractivity (Wildman–Crippen MR) is 89.7 cm³/mol. The van der Waals surface area contributed by atoms with Gasteiger partial charge < -0.3 is 10.1 Å². The van der Waals surface area contributed by atoms with Crippen molar-refractivity contribution in [1.82, 2.24) is 5.32 Å².